The summed E-state index contributed by atoms with van der Waals surface area (Å²) in [6, 6.07) is 13.2. The van der Waals surface area contributed by atoms with Crippen molar-refractivity contribution in [1.82, 2.24) is 9.21 Å². The van der Waals surface area contributed by atoms with Gasteiger partial charge in [-0.25, -0.2) is 12.7 Å². The molecule has 29 heavy (non-hydrogen) atoms. The molecular weight excluding hydrogens is 390 g/mol. The minimum Gasteiger partial charge on any atom is -0.329 e. The van der Waals surface area contributed by atoms with Crippen LogP contribution >= 0.6 is 0 Å². The third kappa shape index (κ3) is 5.65. The van der Waals surface area contributed by atoms with Gasteiger partial charge in [0, 0.05) is 31.9 Å². The third-order valence-corrected chi connectivity index (χ3v) is 6.24. The molecule has 7 nitrogen and oxygen atoms in total. The molecule has 0 unspecified atom stereocenters. The van der Waals surface area contributed by atoms with Crippen LogP contribution in [0.5, 0.6) is 0 Å². The van der Waals surface area contributed by atoms with Crippen molar-refractivity contribution in [2.45, 2.75) is 25.2 Å². The van der Waals surface area contributed by atoms with Crippen LogP contribution in [-0.2, 0) is 14.8 Å². The molecule has 0 aliphatic rings. The van der Waals surface area contributed by atoms with Gasteiger partial charge < -0.3 is 10.2 Å². The molecule has 2 aromatic carbocycles. The summed E-state index contributed by atoms with van der Waals surface area (Å²) in [6.45, 7) is 4.15. The number of amides is 2. The highest BCUT2D eigenvalue weighted by Crippen LogP contribution is 2.16. The first-order valence-corrected chi connectivity index (χ1v) is 10.8. The van der Waals surface area contributed by atoms with E-state index in [1.165, 1.54) is 43.3 Å². The molecule has 2 amide bonds. The summed E-state index contributed by atoms with van der Waals surface area (Å²) in [5.41, 5.74) is 1.98. The zero-order chi connectivity index (χ0) is 21.6. The molecule has 1 N–H and O–H groups in total. The SMILES string of the molecule is CCCN(CC(=O)Nc1ccccc1C)C(=O)c1ccc(S(=O)(=O)N(C)C)cc1. The Balaban J connectivity index is 2.14. The van der Waals surface area contributed by atoms with E-state index in [0.717, 1.165) is 9.87 Å². The summed E-state index contributed by atoms with van der Waals surface area (Å²) >= 11 is 0. The van der Waals surface area contributed by atoms with Gasteiger partial charge in [0.05, 0.1) is 4.90 Å². The number of hydrogen-bond donors (Lipinski definition) is 1. The van der Waals surface area contributed by atoms with Crippen molar-refractivity contribution in [3.63, 3.8) is 0 Å². The number of rotatable bonds is 8. The Labute approximate surface area is 172 Å². The lowest BCUT2D eigenvalue weighted by molar-refractivity contribution is -0.116. The predicted octanol–water partition coefficient (Wildman–Crippen LogP) is 2.74. The van der Waals surface area contributed by atoms with Crippen molar-refractivity contribution in [1.29, 1.82) is 0 Å². The fourth-order valence-corrected chi connectivity index (χ4v) is 3.66. The second-order valence-corrected chi connectivity index (χ2v) is 9.05. The van der Waals surface area contributed by atoms with E-state index < -0.39 is 10.0 Å². The zero-order valence-electron chi connectivity index (χ0n) is 17.2. The molecule has 156 valence electrons. The molecule has 2 rings (SSSR count). The van der Waals surface area contributed by atoms with Gasteiger partial charge >= 0.3 is 0 Å². The first-order valence-electron chi connectivity index (χ1n) is 9.34. The van der Waals surface area contributed by atoms with Crippen LogP contribution in [0.15, 0.2) is 53.4 Å². The number of hydrogen-bond acceptors (Lipinski definition) is 4. The average Bonchev–Trinajstić information content (AvgIpc) is 2.69. The van der Waals surface area contributed by atoms with E-state index in [4.69, 9.17) is 0 Å². The second-order valence-electron chi connectivity index (χ2n) is 6.90. The summed E-state index contributed by atoms with van der Waals surface area (Å²) in [4.78, 5) is 26.9. The molecule has 0 aliphatic heterocycles. The zero-order valence-corrected chi connectivity index (χ0v) is 18.0. The first kappa shape index (κ1) is 22.6. The van der Waals surface area contributed by atoms with Gasteiger partial charge in [-0.05, 0) is 49.2 Å². The van der Waals surface area contributed by atoms with Gasteiger partial charge in [0.25, 0.3) is 5.91 Å². The Hall–Kier alpha value is -2.71. The Morgan fingerprint density at radius 2 is 1.62 bits per heavy atom. The summed E-state index contributed by atoms with van der Waals surface area (Å²) in [6.07, 6.45) is 0.691. The van der Waals surface area contributed by atoms with Crippen LogP contribution in [0.25, 0.3) is 0 Å². The van der Waals surface area contributed by atoms with Gasteiger partial charge in [0.1, 0.15) is 6.54 Å². The summed E-state index contributed by atoms with van der Waals surface area (Å²) in [5, 5.41) is 2.83. The molecule has 2 aromatic rings. The van der Waals surface area contributed by atoms with Crippen LogP contribution in [0.3, 0.4) is 0 Å². The number of para-hydroxylation sites is 1. The molecule has 0 saturated heterocycles. The molecule has 0 radical (unpaired) electrons. The van der Waals surface area contributed by atoms with Crippen molar-refractivity contribution >= 4 is 27.5 Å². The van der Waals surface area contributed by atoms with Crippen molar-refractivity contribution in [3.05, 3.63) is 59.7 Å². The van der Waals surface area contributed by atoms with Crippen molar-refractivity contribution in [2.24, 2.45) is 0 Å². The normalized spacial score (nSPS) is 11.3. The lowest BCUT2D eigenvalue weighted by atomic mass is 10.2. The molecule has 0 aliphatic carbocycles. The summed E-state index contributed by atoms with van der Waals surface area (Å²) in [7, 11) is -0.665. The number of nitrogens with zero attached hydrogens (tertiary/aromatic N) is 2. The average molecular weight is 418 g/mol. The van der Waals surface area contributed by atoms with E-state index in [2.05, 4.69) is 5.32 Å². The number of anilines is 1. The number of carbonyl (C=O) groups excluding carboxylic acids is 2. The molecule has 0 bridgehead atoms. The van der Waals surface area contributed by atoms with E-state index in [1.54, 1.807) is 0 Å². The largest absolute Gasteiger partial charge is 0.329 e. The second kappa shape index (κ2) is 9.67. The quantitative estimate of drug-likeness (QED) is 0.715. The molecule has 0 atom stereocenters. The Morgan fingerprint density at radius 1 is 1.00 bits per heavy atom. The number of aryl methyl sites for hydroxylation is 1. The maximum Gasteiger partial charge on any atom is 0.254 e. The van der Waals surface area contributed by atoms with Crippen molar-refractivity contribution in [2.75, 3.05) is 32.5 Å². The van der Waals surface area contributed by atoms with E-state index >= 15 is 0 Å². The topological polar surface area (TPSA) is 86.8 Å². The van der Waals surface area contributed by atoms with Gasteiger partial charge in [-0.1, -0.05) is 25.1 Å². The van der Waals surface area contributed by atoms with Gasteiger partial charge in [-0.15, -0.1) is 0 Å². The lowest BCUT2D eigenvalue weighted by Crippen LogP contribution is -2.38. The van der Waals surface area contributed by atoms with Crippen molar-refractivity contribution < 1.29 is 18.0 Å². The minimum atomic E-state index is -3.56. The summed E-state index contributed by atoms with van der Waals surface area (Å²) < 4.78 is 25.5. The molecule has 0 aromatic heterocycles. The minimum absolute atomic E-state index is 0.0846. The maximum atomic E-state index is 12.9. The van der Waals surface area contributed by atoms with E-state index in [0.29, 0.717) is 24.2 Å². The van der Waals surface area contributed by atoms with Gasteiger partial charge in [0.2, 0.25) is 15.9 Å². The monoisotopic (exact) mass is 417 g/mol. The fourth-order valence-electron chi connectivity index (χ4n) is 2.76. The standard InChI is InChI=1S/C21H27N3O4S/c1-5-14-24(15-20(25)22-19-9-7-6-8-16(19)2)21(26)17-10-12-18(13-11-17)29(27,28)23(3)4/h6-13H,5,14-15H2,1-4H3,(H,22,25). The highest BCUT2D eigenvalue weighted by atomic mass is 32.2. The number of carbonyl (C=O) groups is 2. The first-order chi connectivity index (χ1) is 13.7. The van der Waals surface area contributed by atoms with Crippen LogP contribution in [0.1, 0.15) is 29.3 Å². The van der Waals surface area contributed by atoms with Crippen LogP contribution < -0.4 is 5.32 Å². The number of sulfonamides is 1. The summed E-state index contributed by atoms with van der Waals surface area (Å²) in [5.74, 6) is -0.603. The smallest absolute Gasteiger partial charge is 0.254 e. The predicted molar refractivity (Wildman–Crippen MR) is 113 cm³/mol. The van der Waals surface area contributed by atoms with Gasteiger partial charge in [0.15, 0.2) is 0 Å². The van der Waals surface area contributed by atoms with E-state index in [1.807, 2.05) is 38.1 Å². The number of nitrogens with one attached hydrogen (secondary N) is 1. The molecule has 0 fully saturated rings. The molecular formula is C21H27N3O4S. The number of benzene rings is 2. The lowest BCUT2D eigenvalue weighted by Gasteiger charge is -2.22. The van der Waals surface area contributed by atoms with Crippen molar-refractivity contribution in [3.8, 4) is 0 Å². The Kier molecular flexibility index (Phi) is 7.53. The van der Waals surface area contributed by atoms with Gasteiger partial charge in [-0.3, -0.25) is 9.59 Å². The van der Waals surface area contributed by atoms with E-state index in [-0.39, 0.29) is 23.3 Å². The Morgan fingerprint density at radius 3 is 2.17 bits per heavy atom. The Bertz CT molecular complexity index is 970. The highest BCUT2D eigenvalue weighted by molar-refractivity contribution is 7.89. The highest BCUT2D eigenvalue weighted by Gasteiger charge is 2.21. The van der Waals surface area contributed by atoms with E-state index in [9.17, 15) is 18.0 Å². The molecule has 0 saturated carbocycles. The van der Waals surface area contributed by atoms with Crippen LogP contribution in [0.4, 0.5) is 5.69 Å². The van der Waals surface area contributed by atoms with Crippen LogP contribution in [0.2, 0.25) is 0 Å². The van der Waals surface area contributed by atoms with Crippen LogP contribution in [-0.4, -0.2) is 56.6 Å². The fraction of sp³-hybridized carbons (Fsp3) is 0.333. The third-order valence-electron chi connectivity index (χ3n) is 4.41. The molecule has 0 spiro atoms. The molecule has 8 heteroatoms. The van der Waals surface area contributed by atoms with Gasteiger partial charge in [-0.2, -0.15) is 0 Å². The maximum absolute atomic E-state index is 12.9. The molecule has 0 heterocycles. The van der Waals surface area contributed by atoms with Crippen LogP contribution in [0, 0.1) is 6.92 Å².